The van der Waals surface area contributed by atoms with Crippen LogP contribution in [-0.4, -0.2) is 18.7 Å². The summed E-state index contributed by atoms with van der Waals surface area (Å²) in [4.78, 5) is 0. The van der Waals surface area contributed by atoms with Crippen LogP contribution in [0, 0.1) is 11.7 Å². The quantitative estimate of drug-likeness (QED) is 0.879. The minimum atomic E-state index is -0.352. The van der Waals surface area contributed by atoms with Gasteiger partial charge in [0, 0.05) is 18.0 Å². The molecule has 1 N–H and O–H groups in total. The first-order chi connectivity index (χ1) is 8.28. The molecule has 0 spiro atoms. The van der Waals surface area contributed by atoms with Crippen molar-refractivity contribution >= 4 is 11.6 Å². The van der Waals surface area contributed by atoms with Crippen molar-refractivity contribution in [2.75, 3.05) is 13.2 Å². The average molecular weight is 274 g/mol. The van der Waals surface area contributed by atoms with Crippen molar-refractivity contribution in [3.63, 3.8) is 0 Å². The van der Waals surface area contributed by atoms with E-state index in [-0.39, 0.29) is 11.4 Å². The van der Waals surface area contributed by atoms with Gasteiger partial charge in [0.1, 0.15) is 11.6 Å². The normalized spacial score (nSPS) is 13.4. The third-order valence-corrected chi connectivity index (χ3v) is 2.69. The van der Waals surface area contributed by atoms with E-state index >= 15 is 0 Å². The zero-order valence-electron chi connectivity index (χ0n) is 11.4. The van der Waals surface area contributed by atoms with Crippen LogP contribution in [0.5, 0.6) is 5.75 Å². The summed E-state index contributed by atoms with van der Waals surface area (Å²) in [6.07, 6.45) is 0. The Kier molecular flexibility index (Phi) is 5.42. The molecule has 0 saturated carbocycles. The molecule has 0 aliphatic carbocycles. The SMILES string of the molecule is CC(CNC(C)(C)C)COc1ccc(F)cc1Cl. The van der Waals surface area contributed by atoms with Crippen molar-refractivity contribution in [2.24, 2.45) is 5.92 Å². The van der Waals surface area contributed by atoms with Gasteiger partial charge in [-0.1, -0.05) is 18.5 Å². The van der Waals surface area contributed by atoms with Gasteiger partial charge in [0.25, 0.3) is 0 Å². The van der Waals surface area contributed by atoms with Gasteiger partial charge < -0.3 is 10.1 Å². The summed E-state index contributed by atoms with van der Waals surface area (Å²) in [7, 11) is 0. The van der Waals surface area contributed by atoms with Crippen LogP contribution in [0.15, 0.2) is 18.2 Å². The van der Waals surface area contributed by atoms with E-state index in [2.05, 4.69) is 33.0 Å². The first-order valence-corrected chi connectivity index (χ1v) is 6.48. The molecule has 0 fully saturated rings. The number of hydrogen-bond donors (Lipinski definition) is 1. The number of rotatable bonds is 5. The van der Waals surface area contributed by atoms with E-state index in [1.807, 2.05) is 0 Å². The minimum Gasteiger partial charge on any atom is -0.492 e. The van der Waals surface area contributed by atoms with E-state index in [4.69, 9.17) is 16.3 Å². The molecule has 1 aromatic rings. The van der Waals surface area contributed by atoms with E-state index in [0.717, 1.165) is 6.54 Å². The Morgan fingerprint density at radius 2 is 2.06 bits per heavy atom. The predicted octanol–water partition coefficient (Wildman–Crippen LogP) is 3.88. The maximum atomic E-state index is 12.8. The first kappa shape index (κ1) is 15.3. The molecule has 2 nitrogen and oxygen atoms in total. The molecular weight excluding hydrogens is 253 g/mol. The largest absolute Gasteiger partial charge is 0.492 e. The number of hydrogen-bond acceptors (Lipinski definition) is 2. The molecule has 0 saturated heterocycles. The summed E-state index contributed by atoms with van der Waals surface area (Å²) in [5.74, 6) is 0.529. The fourth-order valence-electron chi connectivity index (χ4n) is 1.36. The number of halogens is 2. The summed E-state index contributed by atoms with van der Waals surface area (Å²) < 4.78 is 18.4. The van der Waals surface area contributed by atoms with Crippen LogP contribution in [-0.2, 0) is 0 Å². The summed E-state index contributed by atoms with van der Waals surface area (Å²) in [6, 6.07) is 4.16. The lowest BCUT2D eigenvalue weighted by Gasteiger charge is -2.23. The van der Waals surface area contributed by atoms with Crippen molar-refractivity contribution in [3.05, 3.63) is 29.0 Å². The van der Waals surface area contributed by atoms with Gasteiger partial charge in [0.2, 0.25) is 0 Å². The standard InChI is InChI=1S/C14H21ClFNO/c1-10(8-17-14(2,3)4)9-18-13-6-5-11(16)7-12(13)15/h5-7,10,17H,8-9H2,1-4H3. The van der Waals surface area contributed by atoms with Crippen LogP contribution in [0.3, 0.4) is 0 Å². The third-order valence-electron chi connectivity index (χ3n) is 2.40. The van der Waals surface area contributed by atoms with Crippen molar-refractivity contribution in [1.82, 2.24) is 5.32 Å². The molecule has 18 heavy (non-hydrogen) atoms. The summed E-state index contributed by atoms with van der Waals surface area (Å²) >= 11 is 5.88. The Labute approximate surface area is 113 Å². The molecule has 1 aromatic carbocycles. The Morgan fingerprint density at radius 1 is 1.39 bits per heavy atom. The smallest absolute Gasteiger partial charge is 0.138 e. The summed E-state index contributed by atoms with van der Waals surface area (Å²) in [5, 5.41) is 3.72. The Bertz CT molecular complexity index is 390. The molecular formula is C14H21ClFNO. The minimum absolute atomic E-state index is 0.0990. The van der Waals surface area contributed by atoms with Crippen LogP contribution < -0.4 is 10.1 Å². The molecule has 0 radical (unpaired) electrons. The molecule has 0 aliphatic rings. The van der Waals surface area contributed by atoms with Crippen molar-refractivity contribution in [2.45, 2.75) is 33.2 Å². The van der Waals surface area contributed by atoms with Gasteiger partial charge in [-0.05, 0) is 39.0 Å². The average Bonchev–Trinajstić information content (AvgIpc) is 2.24. The molecule has 0 heterocycles. The van der Waals surface area contributed by atoms with Crippen molar-refractivity contribution in [1.29, 1.82) is 0 Å². The molecule has 0 aliphatic heterocycles. The lowest BCUT2D eigenvalue weighted by atomic mass is 10.1. The highest BCUT2D eigenvalue weighted by atomic mass is 35.5. The molecule has 0 amide bonds. The molecule has 102 valence electrons. The van der Waals surface area contributed by atoms with Crippen LogP contribution in [0.4, 0.5) is 4.39 Å². The Morgan fingerprint density at radius 3 is 2.61 bits per heavy atom. The van der Waals surface area contributed by atoms with E-state index in [1.54, 1.807) is 6.07 Å². The molecule has 0 aromatic heterocycles. The second-order valence-electron chi connectivity index (χ2n) is 5.62. The summed E-state index contributed by atoms with van der Waals surface area (Å²) in [6.45, 7) is 9.87. The van der Waals surface area contributed by atoms with Crippen LogP contribution in [0.25, 0.3) is 0 Å². The van der Waals surface area contributed by atoms with Gasteiger partial charge in [0.15, 0.2) is 0 Å². The maximum absolute atomic E-state index is 12.8. The molecule has 1 unspecified atom stereocenters. The van der Waals surface area contributed by atoms with Gasteiger partial charge in [-0.2, -0.15) is 0 Å². The maximum Gasteiger partial charge on any atom is 0.138 e. The fraction of sp³-hybridized carbons (Fsp3) is 0.571. The van der Waals surface area contributed by atoms with Gasteiger partial charge in [-0.25, -0.2) is 4.39 Å². The second kappa shape index (κ2) is 6.39. The van der Waals surface area contributed by atoms with Crippen LogP contribution in [0.1, 0.15) is 27.7 Å². The lowest BCUT2D eigenvalue weighted by Crippen LogP contribution is -2.39. The Hall–Kier alpha value is -0.800. The zero-order chi connectivity index (χ0) is 13.8. The second-order valence-corrected chi connectivity index (χ2v) is 6.03. The van der Waals surface area contributed by atoms with Gasteiger partial charge in [-0.3, -0.25) is 0 Å². The van der Waals surface area contributed by atoms with Gasteiger partial charge >= 0.3 is 0 Å². The Balaban J connectivity index is 2.40. The highest BCUT2D eigenvalue weighted by Gasteiger charge is 2.12. The molecule has 0 bridgehead atoms. The number of nitrogens with one attached hydrogen (secondary N) is 1. The molecule has 1 rings (SSSR count). The highest BCUT2D eigenvalue weighted by Crippen LogP contribution is 2.25. The van der Waals surface area contributed by atoms with Crippen LogP contribution >= 0.6 is 11.6 Å². The van der Waals surface area contributed by atoms with Crippen molar-refractivity contribution in [3.8, 4) is 5.75 Å². The monoisotopic (exact) mass is 273 g/mol. The highest BCUT2D eigenvalue weighted by molar-refractivity contribution is 6.32. The summed E-state index contributed by atoms with van der Waals surface area (Å²) in [5.41, 5.74) is 0.0990. The number of benzene rings is 1. The number of ether oxygens (including phenoxy) is 1. The van der Waals surface area contributed by atoms with E-state index in [1.165, 1.54) is 12.1 Å². The van der Waals surface area contributed by atoms with E-state index < -0.39 is 0 Å². The third kappa shape index (κ3) is 5.69. The van der Waals surface area contributed by atoms with E-state index in [9.17, 15) is 4.39 Å². The zero-order valence-corrected chi connectivity index (χ0v) is 12.1. The fourth-order valence-corrected chi connectivity index (χ4v) is 1.59. The van der Waals surface area contributed by atoms with Gasteiger partial charge in [-0.15, -0.1) is 0 Å². The molecule has 4 heteroatoms. The first-order valence-electron chi connectivity index (χ1n) is 6.11. The van der Waals surface area contributed by atoms with Gasteiger partial charge in [0.05, 0.1) is 11.6 Å². The predicted molar refractivity (Wildman–Crippen MR) is 73.8 cm³/mol. The topological polar surface area (TPSA) is 21.3 Å². The van der Waals surface area contributed by atoms with Crippen molar-refractivity contribution < 1.29 is 9.13 Å². The lowest BCUT2D eigenvalue weighted by molar-refractivity contribution is 0.244. The molecule has 1 atom stereocenters. The van der Waals surface area contributed by atoms with Crippen LogP contribution in [0.2, 0.25) is 5.02 Å². The van der Waals surface area contributed by atoms with E-state index in [0.29, 0.717) is 23.3 Å².